The van der Waals surface area contributed by atoms with Gasteiger partial charge in [-0.15, -0.1) is 10.2 Å². The highest BCUT2D eigenvalue weighted by Gasteiger charge is 2.30. The maximum atomic E-state index is 13.0. The molecule has 1 fully saturated rings. The number of amides is 1. The summed E-state index contributed by atoms with van der Waals surface area (Å²) in [5.74, 6) is -0.339. The van der Waals surface area contributed by atoms with Crippen LogP contribution in [0.2, 0.25) is 0 Å². The van der Waals surface area contributed by atoms with Crippen LogP contribution in [0.5, 0.6) is 0 Å². The van der Waals surface area contributed by atoms with E-state index in [1.165, 1.54) is 28.2 Å². The van der Waals surface area contributed by atoms with Crippen molar-refractivity contribution in [1.82, 2.24) is 24.0 Å². The monoisotopic (exact) mass is 399 g/mol. The Morgan fingerprint density at radius 1 is 1.19 bits per heavy atom. The number of rotatable bonds is 5. The van der Waals surface area contributed by atoms with Crippen molar-refractivity contribution in [3.63, 3.8) is 0 Å². The van der Waals surface area contributed by atoms with Crippen molar-refractivity contribution in [2.45, 2.75) is 10.1 Å². The highest BCUT2D eigenvalue weighted by atomic mass is 32.2. The average Bonchev–Trinajstić information content (AvgIpc) is 3.05. The molecule has 3 rings (SSSR count). The van der Waals surface area contributed by atoms with Crippen molar-refractivity contribution in [1.29, 1.82) is 0 Å². The van der Waals surface area contributed by atoms with Gasteiger partial charge in [-0.2, -0.15) is 4.31 Å². The second-order valence-electron chi connectivity index (χ2n) is 5.75. The van der Waals surface area contributed by atoms with Crippen LogP contribution in [0.1, 0.15) is 0 Å². The molecule has 1 aromatic heterocycles. The molecule has 1 saturated heterocycles. The molecule has 0 saturated carbocycles. The Hall–Kier alpha value is -1.98. The minimum absolute atomic E-state index is 0.0523. The lowest BCUT2D eigenvalue weighted by Gasteiger charge is -2.34. The number of benzene rings is 1. The zero-order valence-electron chi connectivity index (χ0n) is 14.1. The molecule has 2 heterocycles. The number of piperazine rings is 1. The van der Waals surface area contributed by atoms with Gasteiger partial charge in [-0.05, 0) is 24.3 Å². The van der Waals surface area contributed by atoms with Crippen molar-refractivity contribution in [2.75, 3.05) is 31.9 Å². The maximum Gasteiger partial charge on any atom is 0.243 e. The van der Waals surface area contributed by atoms with E-state index in [0.717, 1.165) is 12.1 Å². The largest absolute Gasteiger partial charge is 0.339 e. The third-order valence-corrected chi connectivity index (χ3v) is 6.97. The first-order valence-electron chi connectivity index (χ1n) is 7.88. The first-order chi connectivity index (χ1) is 12.4. The van der Waals surface area contributed by atoms with Crippen LogP contribution in [0.3, 0.4) is 0 Å². The summed E-state index contributed by atoms with van der Waals surface area (Å²) in [5.41, 5.74) is 0. The van der Waals surface area contributed by atoms with Crippen LogP contribution in [0, 0.1) is 5.82 Å². The summed E-state index contributed by atoms with van der Waals surface area (Å²) in [6, 6.07) is 4.74. The normalized spacial score (nSPS) is 16.0. The topological polar surface area (TPSA) is 88.4 Å². The smallest absolute Gasteiger partial charge is 0.243 e. The van der Waals surface area contributed by atoms with Gasteiger partial charge in [0.05, 0.1) is 10.6 Å². The van der Waals surface area contributed by atoms with Crippen LogP contribution in [0.15, 0.2) is 40.6 Å². The van der Waals surface area contributed by atoms with Crippen molar-refractivity contribution in [2.24, 2.45) is 7.05 Å². The van der Waals surface area contributed by atoms with Crippen molar-refractivity contribution >= 4 is 27.7 Å². The second kappa shape index (κ2) is 7.72. The van der Waals surface area contributed by atoms with E-state index in [1.54, 1.807) is 22.8 Å². The molecular weight excluding hydrogens is 381 g/mol. The fraction of sp³-hybridized carbons (Fsp3) is 0.400. The van der Waals surface area contributed by atoms with Crippen LogP contribution in [-0.4, -0.2) is 70.2 Å². The van der Waals surface area contributed by atoms with Crippen LogP contribution < -0.4 is 0 Å². The number of aryl methyl sites for hydroxylation is 1. The van der Waals surface area contributed by atoms with Gasteiger partial charge in [0.15, 0.2) is 5.16 Å². The molecule has 1 amide bonds. The van der Waals surface area contributed by atoms with E-state index in [9.17, 15) is 17.6 Å². The Bertz CT molecular complexity index is 877. The van der Waals surface area contributed by atoms with E-state index in [-0.39, 0.29) is 29.6 Å². The van der Waals surface area contributed by atoms with Gasteiger partial charge in [0.2, 0.25) is 15.9 Å². The summed E-state index contributed by atoms with van der Waals surface area (Å²) >= 11 is 1.29. The Labute approximate surface area is 155 Å². The molecule has 8 nitrogen and oxygen atoms in total. The van der Waals surface area contributed by atoms with E-state index < -0.39 is 15.8 Å². The highest BCUT2D eigenvalue weighted by Crippen LogP contribution is 2.19. The van der Waals surface area contributed by atoms with Crippen molar-refractivity contribution in [3.05, 3.63) is 36.4 Å². The number of hydrogen-bond acceptors (Lipinski definition) is 6. The summed E-state index contributed by atoms with van der Waals surface area (Å²) < 4.78 is 41.2. The van der Waals surface area contributed by atoms with Gasteiger partial charge in [-0.1, -0.05) is 11.8 Å². The van der Waals surface area contributed by atoms with Gasteiger partial charge < -0.3 is 9.47 Å². The van der Waals surface area contributed by atoms with Crippen molar-refractivity contribution < 1.29 is 17.6 Å². The summed E-state index contributed by atoms with van der Waals surface area (Å²) in [6.07, 6.45) is 1.56. The fourth-order valence-electron chi connectivity index (χ4n) is 2.55. The molecule has 1 aliphatic heterocycles. The predicted molar refractivity (Wildman–Crippen MR) is 93.5 cm³/mol. The molecule has 1 aromatic carbocycles. The number of thioether (sulfide) groups is 1. The molecule has 0 unspecified atom stereocenters. The molecule has 140 valence electrons. The number of nitrogens with zero attached hydrogens (tertiary/aromatic N) is 5. The Morgan fingerprint density at radius 2 is 1.85 bits per heavy atom. The van der Waals surface area contributed by atoms with E-state index in [1.807, 2.05) is 0 Å². The standard InChI is InChI=1S/C15H18FN5O3S2/c1-19-11-17-18-15(19)25-10-14(22)20-6-8-21(9-7-20)26(23,24)13-4-2-12(16)3-5-13/h2-5,11H,6-10H2,1H3. The number of carbonyl (C=O) groups excluding carboxylic acids is 1. The molecule has 0 spiro atoms. The molecule has 0 aliphatic carbocycles. The fourth-order valence-corrected chi connectivity index (χ4v) is 4.77. The minimum Gasteiger partial charge on any atom is -0.339 e. The molecule has 11 heteroatoms. The molecule has 0 atom stereocenters. The molecule has 1 aliphatic rings. The summed E-state index contributed by atoms with van der Waals surface area (Å²) in [5, 5.41) is 8.31. The lowest BCUT2D eigenvalue weighted by molar-refractivity contribution is -0.129. The van der Waals surface area contributed by atoms with Gasteiger partial charge in [0.1, 0.15) is 12.1 Å². The van der Waals surface area contributed by atoms with Gasteiger partial charge in [0.25, 0.3) is 0 Å². The molecule has 0 N–H and O–H groups in total. The van der Waals surface area contributed by atoms with E-state index in [0.29, 0.717) is 18.2 Å². The molecule has 0 radical (unpaired) electrons. The van der Waals surface area contributed by atoms with Gasteiger partial charge in [-0.3, -0.25) is 4.79 Å². The van der Waals surface area contributed by atoms with E-state index in [4.69, 9.17) is 0 Å². The van der Waals surface area contributed by atoms with E-state index >= 15 is 0 Å². The lowest BCUT2D eigenvalue weighted by Crippen LogP contribution is -2.50. The summed E-state index contributed by atoms with van der Waals surface area (Å²) in [4.78, 5) is 14.0. The number of sulfonamides is 1. The number of carbonyl (C=O) groups is 1. The molecule has 2 aromatic rings. The van der Waals surface area contributed by atoms with Crippen molar-refractivity contribution in [3.8, 4) is 0 Å². The quantitative estimate of drug-likeness (QED) is 0.684. The zero-order valence-corrected chi connectivity index (χ0v) is 15.7. The minimum atomic E-state index is -3.68. The Balaban J connectivity index is 1.55. The van der Waals surface area contributed by atoms with Crippen LogP contribution in [-0.2, 0) is 21.9 Å². The van der Waals surface area contributed by atoms with Crippen LogP contribution in [0.25, 0.3) is 0 Å². The number of hydrogen-bond donors (Lipinski definition) is 0. The first-order valence-corrected chi connectivity index (χ1v) is 10.3. The van der Waals surface area contributed by atoms with Gasteiger partial charge in [0, 0.05) is 33.2 Å². The van der Waals surface area contributed by atoms with Gasteiger partial charge in [-0.25, -0.2) is 12.8 Å². The van der Waals surface area contributed by atoms with Crippen LogP contribution in [0.4, 0.5) is 4.39 Å². The average molecular weight is 399 g/mol. The third-order valence-electron chi connectivity index (χ3n) is 4.04. The third kappa shape index (κ3) is 4.05. The maximum absolute atomic E-state index is 13.0. The number of halogens is 1. The van der Waals surface area contributed by atoms with Crippen LogP contribution >= 0.6 is 11.8 Å². The number of aromatic nitrogens is 3. The first kappa shape index (κ1) is 18.8. The predicted octanol–water partition coefficient (Wildman–Crippen LogP) is 0.579. The molecule has 0 bridgehead atoms. The second-order valence-corrected chi connectivity index (χ2v) is 8.63. The lowest BCUT2D eigenvalue weighted by atomic mass is 10.3. The summed E-state index contributed by atoms with van der Waals surface area (Å²) in [6.45, 7) is 1.05. The summed E-state index contributed by atoms with van der Waals surface area (Å²) in [7, 11) is -1.88. The highest BCUT2D eigenvalue weighted by molar-refractivity contribution is 7.99. The molecule has 26 heavy (non-hydrogen) atoms. The Kier molecular flexibility index (Phi) is 5.58. The Morgan fingerprint density at radius 3 is 2.42 bits per heavy atom. The zero-order chi connectivity index (χ0) is 18.7. The van der Waals surface area contributed by atoms with E-state index in [2.05, 4.69) is 10.2 Å². The van der Waals surface area contributed by atoms with Gasteiger partial charge >= 0.3 is 0 Å². The molecular formula is C15H18FN5O3S2. The SMILES string of the molecule is Cn1cnnc1SCC(=O)N1CCN(S(=O)(=O)c2ccc(F)cc2)CC1.